The van der Waals surface area contributed by atoms with Crippen molar-refractivity contribution < 1.29 is 53.5 Å². The smallest absolute Gasteiger partial charge is 0.279 e. The van der Waals surface area contributed by atoms with E-state index < -0.39 is 56.0 Å². The van der Waals surface area contributed by atoms with Gasteiger partial charge in [-0.05, 0) is 10.8 Å². The van der Waals surface area contributed by atoms with E-state index in [4.69, 9.17) is 0 Å². The molecule has 20 heavy (non-hydrogen) atoms. The van der Waals surface area contributed by atoms with Gasteiger partial charge in [-0.1, -0.05) is 0 Å². The van der Waals surface area contributed by atoms with Crippen LogP contribution in [-0.4, -0.2) is 34.4 Å². The quantitative estimate of drug-likeness (QED) is 0.425. The van der Waals surface area contributed by atoms with Crippen LogP contribution in [0.25, 0.3) is 0 Å². The maximum Gasteiger partial charge on any atom is 0.452 e. The molecule has 0 N–H and O–H groups in total. The summed E-state index contributed by atoms with van der Waals surface area (Å²) in [4.78, 5) is 20.0. The second-order valence-electron chi connectivity index (χ2n) is 2.90. The fourth-order valence-electron chi connectivity index (χ4n) is 0.586. The van der Waals surface area contributed by atoms with Crippen LogP contribution in [0.4, 0.5) is 43.9 Å². The number of carbonyl (C=O) groups is 2. The SMILES string of the molecule is O=C(F)C(F)(F)C(F)(F)C(F)(F)C(=O)SSC(F)(F)F. The van der Waals surface area contributed by atoms with Crippen LogP contribution in [0.3, 0.4) is 0 Å². The second kappa shape index (κ2) is 5.61. The highest BCUT2D eigenvalue weighted by atomic mass is 33.1. The third-order valence-electron chi connectivity index (χ3n) is 1.50. The first-order valence-corrected chi connectivity index (χ1v) is 6.02. The van der Waals surface area contributed by atoms with Crippen LogP contribution >= 0.6 is 21.6 Å². The lowest BCUT2D eigenvalue weighted by Gasteiger charge is -2.28. The van der Waals surface area contributed by atoms with Crippen LogP contribution in [0, 0.1) is 0 Å². The van der Waals surface area contributed by atoms with Gasteiger partial charge in [0.25, 0.3) is 5.12 Å². The molecule has 0 fully saturated rings. The zero-order valence-electron chi connectivity index (χ0n) is 8.41. The molecule has 0 aromatic carbocycles. The molecule has 0 rings (SSSR count). The molecule has 0 spiro atoms. The van der Waals surface area contributed by atoms with E-state index in [1.165, 1.54) is 0 Å². The van der Waals surface area contributed by atoms with Crippen molar-refractivity contribution in [2.45, 2.75) is 23.3 Å². The molecule has 0 aromatic heterocycles. The Bertz CT molecular complexity index is 403. The number of rotatable bonds is 5. The van der Waals surface area contributed by atoms with E-state index >= 15 is 0 Å². The van der Waals surface area contributed by atoms with Gasteiger partial charge < -0.3 is 0 Å². The fourth-order valence-corrected chi connectivity index (χ4v) is 1.81. The van der Waals surface area contributed by atoms with Gasteiger partial charge in [0, 0.05) is 10.8 Å². The van der Waals surface area contributed by atoms with E-state index in [2.05, 4.69) is 0 Å². The van der Waals surface area contributed by atoms with Gasteiger partial charge in [-0.25, -0.2) is 0 Å². The lowest BCUT2D eigenvalue weighted by Crippen LogP contribution is -2.59. The first-order valence-electron chi connectivity index (χ1n) is 3.87. The van der Waals surface area contributed by atoms with E-state index in [0.717, 1.165) is 0 Å². The highest BCUT2D eigenvalue weighted by Crippen LogP contribution is 2.51. The van der Waals surface area contributed by atoms with Gasteiger partial charge >= 0.3 is 29.3 Å². The average molecular weight is 358 g/mol. The largest absolute Gasteiger partial charge is 0.452 e. The summed E-state index contributed by atoms with van der Waals surface area (Å²) < 4.78 is 122. The van der Waals surface area contributed by atoms with Crippen molar-refractivity contribution in [3.8, 4) is 0 Å². The van der Waals surface area contributed by atoms with Crippen LogP contribution in [0.15, 0.2) is 0 Å². The van der Waals surface area contributed by atoms with Gasteiger partial charge in [-0.2, -0.15) is 43.9 Å². The summed E-state index contributed by atoms with van der Waals surface area (Å²) in [5.41, 5.74) is -5.30. The molecule has 0 radical (unpaired) electrons. The number of alkyl halides is 9. The minimum Gasteiger partial charge on any atom is -0.279 e. The molecule has 0 saturated heterocycles. The van der Waals surface area contributed by atoms with Crippen molar-refractivity contribution in [1.82, 2.24) is 0 Å². The maximum atomic E-state index is 12.7. The molecule has 0 bridgehead atoms. The van der Waals surface area contributed by atoms with Crippen LogP contribution in [0.1, 0.15) is 0 Å². The van der Waals surface area contributed by atoms with Crippen molar-refractivity contribution >= 4 is 32.7 Å². The predicted molar refractivity (Wildman–Crippen MR) is 47.2 cm³/mol. The zero-order valence-corrected chi connectivity index (χ0v) is 10.0. The lowest BCUT2D eigenvalue weighted by atomic mass is 10.1. The van der Waals surface area contributed by atoms with Crippen LogP contribution in [0.2, 0.25) is 0 Å². The Morgan fingerprint density at radius 2 is 1.15 bits per heavy atom. The van der Waals surface area contributed by atoms with E-state index in [0.29, 0.717) is 0 Å². The summed E-state index contributed by atoms with van der Waals surface area (Å²) >= 11 is 0. The first-order chi connectivity index (χ1) is 8.57. The van der Waals surface area contributed by atoms with E-state index in [1.54, 1.807) is 0 Å². The topological polar surface area (TPSA) is 34.1 Å². The molecular weight excluding hydrogens is 358 g/mol. The van der Waals surface area contributed by atoms with Gasteiger partial charge in [0.2, 0.25) is 0 Å². The minimum atomic E-state index is -6.83. The van der Waals surface area contributed by atoms with Gasteiger partial charge in [-0.15, -0.1) is 0 Å². The Morgan fingerprint density at radius 3 is 1.45 bits per heavy atom. The first kappa shape index (κ1) is 19.3. The molecule has 0 aliphatic carbocycles. The summed E-state index contributed by atoms with van der Waals surface area (Å²) in [6.45, 7) is 0. The zero-order chi connectivity index (χ0) is 16.6. The molecule has 14 heteroatoms. The Kier molecular flexibility index (Phi) is 5.43. The summed E-state index contributed by atoms with van der Waals surface area (Å²) in [7, 11) is -3.07. The number of halogens is 10. The summed E-state index contributed by atoms with van der Waals surface area (Å²) in [6, 6.07) is -4.16. The Labute approximate surface area is 110 Å². The highest BCUT2D eigenvalue weighted by Gasteiger charge is 2.78. The van der Waals surface area contributed by atoms with Crippen molar-refractivity contribution in [1.29, 1.82) is 0 Å². The summed E-state index contributed by atoms with van der Waals surface area (Å²) in [5.74, 6) is -19.8. The standard InChI is InChI=1S/C6F10O2S2/c7-1(17)3(8,9)5(12,13)4(10,11)2(18)19-20-6(14,15)16. The lowest BCUT2D eigenvalue weighted by molar-refractivity contribution is -0.286. The molecule has 0 aliphatic heterocycles. The molecule has 2 nitrogen and oxygen atoms in total. The molecule has 0 unspecified atom stereocenters. The fraction of sp³-hybridized carbons (Fsp3) is 0.667. The molecular formula is C6F10O2S2. The minimum absolute atomic E-state index is 1.50. The molecule has 0 atom stereocenters. The molecule has 0 heterocycles. The van der Waals surface area contributed by atoms with E-state index in [-0.39, 0.29) is 0 Å². The Balaban J connectivity index is 5.31. The van der Waals surface area contributed by atoms with Gasteiger partial charge in [0.1, 0.15) is 0 Å². The monoisotopic (exact) mass is 358 g/mol. The number of hydrogen-bond acceptors (Lipinski definition) is 4. The molecule has 0 amide bonds. The van der Waals surface area contributed by atoms with Crippen LogP contribution in [-0.2, 0) is 9.59 Å². The average Bonchev–Trinajstić information content (AvgIpc) is 2.23. The van der Waals surface area contributed by atoms with Gasteiger partial charge in [-0.3, -0.25) is 9.59 Å². The van der Waals surface area contributed by atoms with Gasteiger partial charge in [0.05, 0.1) is 0 Å². The maximum absolute atomic E-state index is 12.7. The van der Waals surface area contributed by atoms with E-state index in [1.807, 2.05) is 0 Å². The molecule has 118 valence electrons. The molecule has 0 aromatic rings. The van der Waals surface area contributed by atoms with Crippen molar-refractivity contribution in [2.24, 2.45) is 0 Å². The summed E-state index contributed by atoms with van der Waals surface area (Å²) in [6.07, 6.45) is 0. The molecule has 0 aliphatic rings. The predicted octanol–water partition coefficient (Wildman–Crippen LogP) is 3.82. The van der Waals surface area contributed by atoms with Crippen LogP contribution in [0.5, 0.6) is 0 Å². The third kappa shape index (κ3) is 3.71. The normalized spacial score (nSPS) is 14.3. The number of hydrogen-bond donors (Lipinski definition) is 0. The van der Waals surface area contributed by atoms with Gasteiger partial charge in [0.15, 0.2) is 0 Å². The highest BCUT2D eigenvalue weighted by molar-refractivity contribution is 8.82. The van der Waals surface area contributed by atoms with Crippen molar-refractivity contribution in [3.63, 3.8) is 0 Å². The Morgan fingerprint density at radius 1 is 0.750 bits per heavy atom. The summed E-state index contributed by atoms with van der Waals surface area (Å²) in [5, 5.41) is -3.31. The van der Waals surface area contributed by atoms with E-state index in [9.17, 15) is 53.5 Å². The van der Waals surface area contributed by atoms with Crippen molar-refractivity contribution in [2.75, 3.05) is 0 Å². The molecule has 0 saturated carbocycles. The second-order valence-corrected chi connectivity index (χ2v) is 5.06. The Hall–Kier alpha value is -0.660. The van der Waals surface area contributed by atoms with Crippen LogP contribution < -0.4 is 0 Å². The number of carbonyl (C=O) groups excluding carboxylic acids is 2. The third-order valence-corrected chi connectivity index (χ3v) is 3.45. The van der Waals surface area contributed by atoms with Crippen molar-refractivity contribution in [3.05, 3.63) is 0 Å².